The summed E-state index contributed by atoms with van der Waals surface area (Å²) in [5.41, 5.74) is 2.71. The van der Waals surface area contributed by atoms with E-state index in [0.717, 1.165) is 38.1 Å². The van der Waals surface area contributed by atoms with Crippen LogP contribution in [0.5, 0.6) is 11.5 Å². The van der Waals surface area contributed by atoms with Gasteiger partial charge >= 0.3 is 0 Å². The first kappa shape index (κ1) is 20.3. The van der Waals surface area contributed by atoms with Gasteiger partial charge in [-0.25, -0.2) is 4.68 Å². The Balaban J connectivity index is 2.17. The van der Waals surface area contributed by atoms with Crippen LogP contribution in [0.25, 0.3) is 11.3 Å². The van der Waals surface area contributed by atoms with E-state index in [4.69, 9.17) is 19.3 Å². The molecule has 0 aliphatic carbocycles. The Labute approximate surface area is 172 Å². The van der Waals surface area contributed by atoms with Crippen molar-refractivity contribution >= 4 is 28.4 Å². The molecule has 8 heteroatoms. The molecule has 3 aromatic rings. The lowest BCUT2D eigenvalue weighted by Gasteiger charge is -2.11. The fraction of sp³-hybridized carbons (Fsp3) is 0.300. The summed E-state index contributed by atoms with van der Waals surface area (Å²) in [5, 5.41) is 8.95. The average Bonchev–Trinajstić information content (AvgIpc) is 3.38. The van der Waals surface area contributed by atoms with Gasteiger partial charge in [-0.2, -0.15) is 5.10 Å². The number of hydrogen-bond acceptors (Lipinski definition) is 7. The van der Waals surface area contributed by atoms with Crippen molar-refractivity contribution in [3.05, 3.63) is 50.8 Å². The summed E-state index contributed by atoms with van der Waals surface area (Å²) in [4.78, 5) is 6.57. The van der Waals surface area contributed by atoms with E-state index < -0.39 is 0 Å². The first-order chi connectivity index (χ1) is 13.7. The minimum absolute atomic E-state index is 0.559. The van der Waals surface area contributed by atoms with Gasteiger partial charge in [0.2, 0.25) is 4.80 Å². The zero-order valence-electron chi connectivity index (χ0n) is 16.3. The van der Waals surface area contributed by atoms with Crippen LogP contribution in [0, 0.1) is 0 Å². The summed E-state index contributed by atoms with van der Waals surface area (Å²) in [6, 6.07) is 9.81. The van der Waals surface area contributed by atoms with Gasteiger partial charge in [0, 0.05) is 18.1 Å². The van der Waals surface area contributed by atoms with Crippen molar-refractivity contribution < 1.29 is 14.2 Å². The number of methoxy groups -OCH3 is 3. The van der Waals surface area contributed by atoms with Crippen LogP contribution < -0.4 is 14.3 Å². The molecule has 1 aromatic carbocycles. The van der Waals surface area contributed by atoms with Crippen LogP contribution in [-0.2, 0) is 4.74 Å². The third-order valence-corrected chi connectivity index (χ3v) is 5.87. The Morgan fingerprint density at radius 1 is 1.11 bits per heavy atom. The highest BCUT2D eigenvalue weighted by atomic mass is 32.1. The molecule has 2 aromatic heterocycles. The van der Waals surface area contributed by atoms with Crippen LogP contribution >= 0.6 is 22.7 Å². The van der Waals surface area contributed by atoms with Crippen LogP contribution in [0.2, 0.25) is 0 Å². The first-order valence-electron chi connectivity index (χ1n) is 8.69. The van der Waals surface area contributed by atoms with Crippen LogP contribution in [-0.4, -0.2) is 44.9 Å². The molecule has 0 fully saturated rings. The third-order valence-electron chi connectivity index (χ3n) is 4.04. The van der Waals surface area contributed by atoms with Gasteiger partial charge in [0.15, 0.2) is 0 Å². The predicted molar refractivity (Wildman–Crippen MR) is 115 cm³/mol. The minimum Gasteiger partial charge on any atom is -0.497 e. The summed E-state index contributed by atoms with van der Waals surface area (Å²) in [7, 11) is 4.98. The van der Waals surface area contributed by atoms with Crippen LogP contribution in [0.3, 0.4) is 0 Å². The van der Waals surface area contributed by atoms with Crippen LogP contribution in [0.4, 0.5) is 0 Å². The monoisotopic (exact) mass is 417 g/mol. The topological polar surface area (TPSA) is 57.3 Å². The highest BCUT2D eigenvalue weighted by Gasteiger charge is 2.15. The fourth-order valence-corrected chi connectivity index (χ4v) is 4.14. The number of benzene rings is 1. The van der Waals surface area contributed by atoms with Crippen LogP contribution in [0.1, 0.15) is 11.8 Å². The maximum atomic E-state index is 5.58. The molecule has 0 saturated carbocycles. The molecular formula is C20H23N3O3S2. The fourth-order valence-electron chi connectivity index (χ4n) is 2.62. The Morgan fingerprint density at radius 2 is 1.96 bits per heavy atom. The second-order valence-corrected chi connectivity index (χ2v) is 7.60. The summed E-state index contributed by atoms with van der Waals surface area (Å²) in [6.07, 6.45) is 0. The number of rotatable bonds is 8. The lowest BCUT2D eigenvalue weighted by molar-refractivity contribution is 0.207. The summed E-state index contributed by atoms with van der Waals surface area (Å²) in [6.45, 7) is 3.13. The van der Waals surface area contributed by atoms with Crippen molar-refractivity contribution in [1.82, 2.24) is 4.68 Å². The molecule has 0 saturated heterocycles. The van der Waals surface area contributed by atoms with Gasteiger partial charge < -0.3 is 14.2 Å². The van der Waals surface area contributed by atoms with E-state index >= 15 is 0 Å². The Bertz CT molecular complexity index is 1000. The molecule has 2 heterocycles. The summed E-state index contributed by atoms with van der Waals surface area (Å²) in [5.74, 6) is 1.50. The molecule has 28 heavy (non-hydrogen) atoms. The molecule has 148 valence electrons. The maximum absolute atomic E-state index is 5.58. The Hall–Kier alpha value is -2.42. The van der Waals surface area contributed by atoms with Crippen molar-refractivity contribution in [1.29, 1.82) is 0 Å². The first-order valence-corrected chi connectivity index (χ1v) is 10.5. The summed E-state index contributed by atoms with van der Waals surface area (Å²) >= 11 is 3.19. The van der Waals surface area contributed by atoms with Gasteiger partial charge in [-0.3, -0.25) is 4.99 Å². The predicted octanol–water partition coefficient (Wildman–Crippen LogP) is 4.11. The molecule has 6 nitrogen and oxygen atoms in total. The number of aromatic nitrogens is 1. The highest BCUT2D eigenvalue weighted by molar-refractivity contribution is 7.12. The molecule has 0 aliphatic heterocycles. The lowest BCUT2D eigenvalue weighted by atomic mass is 10.1. The van der Waals surface area contributed by atoms with Gasteiger partial charge in [-0.05, 0) is 36.6 Å². The standard InChI is InChI=1S/C20H23N3O3S2/c1-14(19-6-5-11-27-19)22-23-17(13-28-20(23)21-9-10-24-2)16-12-15(25-3)7-8-18(16)26-4/h5-8,11-13H,9-10H2,1-4H3. The summed E-state index contributed by atoms with van der Waals surface area (Å²) < 4.78 is 18.0. The zero-order chi connectivity index (χ0) is 19.9. The van der Waals surface area contributed by atoms with Gasteiger partial charge in [-0.1, -0.05) is 6.07 Å². The van der Waals surface area contributed by atoms with Crippen molar-refractivity contribution in [2.45, 2.75) is 6.92 Å². The molecule has 0 bridgehead atoms. The van der Waals surface area contributed by atoms with E-state index in [-0.39, 0.29) is 0 Å². The highest BCUT2D eigenvalue weighted by Crippen LogP contribution is 2.33. The van der Waals surface area contributed by atoms with E-state index in [1.165, 1.54) is 11.3 Å². The molecule has 0 N–H and O–H groups in total. The van der Waals surface area contributed by atoms with Gasteiger partial charge in [0.1, 0.15) is 11.5 Å². The number of thiophene rings is 1. The zero-order valence-corrected chi connectivity index (χ0v) is 18.0. The van der Waals surface area contributed by atoms with E-state index in [9.17, 15) is 0 Å². The Morgan fingerprint density at radius 3 is 2.64 bits per heavy atom. The van der Waals surface area contributed by atoms with Gasteiger partial charge in [-0.15, -0.1) is 22.7 Å². The van der Waals surface area contributed by atoms with Crippen molar-refractivity contribution in [2.24, 2.45) is 10.1 Å². The molecule has 0 unspecified atom stereocenters. The SMILES string of the molecule is COCCN=c1scc(-c2cc(OC)ccc2OC)n1N=C(C)c1cccs1. The normalized spacial score (nSPS) is 12.4. The van der Waals surface area contributed by atoms with Crippen LogP contribution in [0.15, 0.2) is 51.2 Å². The maximum Gasteiger partial charge on any atom is 0.206 e. The molecule has 0 radical (unpaired) electrons. The van der Waals surface area contributed by atoms with E-state index in [2.05, 4.69) is 11.1 Å². The quantitative estimate of drug-likeness (QED) is 0.409. The Kier molecular flexibility index (Phi) is 7.02. The average molecular weight is 418 g/mol. The van der Waals surface area contributed by atoms with E-state index in [0.29, 0.717) is 13.2 Å². The second-order valence-electron chi connectivity index (χ2n) is 5.82. The van der Waals surface area contributed by atoms with E-state index in [1.54, 1.807) is 32.7 Å². The number of nitrogens with zero attached hydrogens (tertiary/aromatic N) is 3. The van der Waals surface area contributed by atoms with Gasteiger partial charge in [0.05, 0.1) is 43.7 Å². The number of thiazole rings is 1. The van der Waals surface area contributed by atoms with E-state index in [1.807, 2.05) is 46.6 Å². The molecule has 0 atom stereocenters. The molecule has 0 amide bonds. The third kappa shape index (κ3) is 4.52. The second kappa shape index (κ2) is 9.68. The lowest BCUT2D eigenvalue weighted by Crippen LogP contribution is -2.15. The van der Waals surface area contributed by atoms with Crippen molar-refractivity contribution in [3.63, 3.8) is 0 Å². The molecule has 0 aliphatic rings. The molecular weight excluding hydrogens is 394 g/mol. The number of hydrogen-bond donors (Lipinski definition) is 0. The molecule has 0 spiro atoms. The molecule has 3 rings (SSSR count). The minimum atomic E-state index is 0.559. The number of ether oxygens (including phenoxy) is 3. The smallest absolute Gasteiger partial charge is 0.206 e. The van der Waals surface area contributed by atoms with Crippen molar-refractivity contribution in [2.75, 3.05) is 34.5 Å². The van der Waals surface area contributed by atoms with Gasteiger partial charge in [0.25, 0.3) is 0 Å². The van der Waals surface area contributed by atoms with Crippen molar-refractivity contribution in [3.8, 4) is 22.8 Å². The largest absolute Gasteiger partial charge is 0.497 e.